The lowest BCUT2D eigenvalue weighted by Gasteiger charge is -2.22. The minimum Gasteiger partial charge on any atom is -0.395 e. The molecule has 14 heavy (non-hydrogen) atoms. The molecule has 0 aromatic heterocycles. The van der Waals surface area contributed by atoms with Gasteiger partial charge in [0.25, 0.3) is 0 Å². The van der Waals surface area contributed by atoms with E-state index in [1.165, 1.54) is 0 Å². The number of methoxy groups -OCH3 is 1. The van der Waals surface area contributed by atoms with Crippen molar-refractivity contribution in [3.05, 3.63) is 0 Å². The van der Waals surface area contributed by atoms with Crippen LogP contribution < -0.4 is 5.32 Å². The maximum atomic E-state index is 9.15. The van der Waals surface area contributed by atoms with Crippen LogP contribution in [0.1, 0.15) is 19.8 Å². The Morgan fingerprint density at radius 2 is 2.14 bits per heavy atom. The van der Waals surface area contributed by atoms with E-state index in [-0.39, 0.29) is 12.6 Å². The molecule has 0 aliphatic rings. The van der Waals surface area contributed by atoms with E-state index in [0.717, 1.165) is 18.6 Å². The lowest BCUT2D eigenvalue weighted by atomic mass is 10.1. The molecule has 0 saturated carbocycles. The zero-order valence-corrected chi connectivity index (χ0v) is 10.3. The van der Waals surface area contributed by atoms with Gasteiger partial charge in [-0.05, 0) is 24.9 Å². The zero-order valence-electron chi connectivity index (χ0n) is 9.45. The molecule has 3 nitrogen and oxygen atoms in total. The summed E-state index contributed by atoms with van der Waals surface area (Å²) in [7, 11) is 1.71. The Morgan fingerprint density at radius 1 is 1.43 bits per heavy atom. The summed E-state index contributed by atoms with van der Waals surface area (Å²) in [6, 6.07) is 0.571. The van der Waals surface area contributed by atoms with E-state index in [4.69, 9.17) is 9.84 Å². The third kappa shape index (κ3) is 6.65. The molecule has 0 aliphatic heterocycles. The number of ether oxygens (including phenoxy) is 1. The Balaban J connectivity index is 3.75. The number of hydrogen-bond acceptors (Lipinski definition) is 4. The van der Waals surface area contributed by atoms with E-state index in [0.29, 0.717) is 12.6 Å². The molecule has 86 valence electrons. The Bertz CT molecular complexity index is 125. The van der Waals surface area contributed by atoms with Gasteiger partial charge in [-0.2, -0.15) is 11.8 Å². The van der Waals surface area contributed by atoms with E-state index in [2.05, 4.69) is 18.5 Å². The third-order valence-electron chi connectivity index (χ3n) is 2.22. The first-order valence-electron chi connectivity index (χ1n) is 5.13. The fraction of sp³-hybridized carbons (Fsp3) is 1.00. The largest absolute Gasteiger partial charge is 0.395 e. The summed E-state index contributed by atoms with van der Waals surface area (Å²) in [5.41, 5.74) is 0. The maximum Gasteiger partial charge on any atom is 0.0615 e. The Kier molecular flexibility index (Phi) is 9.93. The monoisotopic (exact) mass is 221 g/mol. The average molecular weight is 221 g/mol. The van der Waals surface area contributed by atoms with Crippen molar-refractivity contribution in [2.45, 2.75) is 31.8 Å². The fourth-order valence-electron chi connectivity index (χ4n) is 1.31. The molecular formula is C10H23NO2S. The summed E-state index contributed by atoms with van der Waals surface area (Å²) in [5.74, 6) is 1.08. The highest BCUT2D eigenvalue weighted by Gasteiger charge is 2.12. The first-order valence-corrected chi connectivity index (χ1v) is 6.52. The summed E-state index contributed by atoms with van der Waals surface area (Å²) in [5, 5.41) is 12.6. The van der Waals surface area contributed by atoms with Gasteiger partial charge < -0.3 is 15.2 Å². The predicted molar refractivity (Wildman–Crippen MR) is 63.0 cm³/mol. The van der Waals surface area contributed by atoms with E-state index in [9.17, 15) is 0 Å². The second-order valence-corrected chi connectivity index (χ2v) is 4.37. The van der Waals surface area contributed by atoms with Crippen molar-refractivity contribution >= 4 is 11.8 Å². The van der Waals surface area contributed by atoms with Gasteiger partial charge in [-0.1, -0.05) is 6.92 Å². The standard InChI is InChI=1S/C10H23NO2S/c1-4-9(8-13-2)11-10(7-12)5-6-14-3/h9-12H,4-8H2,1-3H3. The van der Waals surface area contributed by atoms with Gasteiger partial charge in [0, 0.05) is 19.2 Å². The second kappa shape index (κ2) is 9.77. The van der Waals surface area contributed by atoms with E-state index < -0.39 is 0 Å². The van der Waals surface area contributed by atoms with Crippen molar-refractivity contribution in [2.75, 3.05) is 32.3 Å². The smallest absolute Gasteiger partial charge is 0.0615 e. The molecule has 0 aromatic rings. The van der Waals surface area contributed by atoms with Crippen molar-refractivity contribution in [1.29, 1.82) is 0 Å². The number of hydrogen-bond donors (Lipinski definition) is 2. The van der Waals surface area contributed by atoms with Gasteiger partial charge >= 0.3 is 0 Å². The van der Waals surface area contributed by atoms with Crippen molar-refractivity contribution in [3.63, 3.8) is 0 Å². The van der Waals surface area contributed by atoms with Crippen LogP contribution in [0.5, 0.6) is 0 Å². The Morgan fingerprint density at radius 3 is 2.57 bits per heavy atom. The second-order valence-electron chi connectivity index (χ2n) is 3.39. The fourth-order valence-corrected chi connectivity index (χ4v) is 1.83. The first kappa shape index (κ1) is 14.2. The summed E-state index contributed by atoms with van der Waals surface area (Å²) >= 11 is 1.81. The molecule has 0 saturated heterocycles. The van der Waals surface area contributed by atoms with Gasteiger partial charge in [-0.3, -0.25) is 0 Å². The summed E-state index contributed by atoms with van der Waals surface area (Å²) in [6.07, 6.45) is 4.13. The number of aliphatic hydroxyl groups is 1. The van der Waals surface area contributed by atoms with Crippen LogP contribution in [-0.2, 0) is 4.74 Å². The molecule has 0 amide bonds. The number of aliphatic hydroxyl groups excluding tert-OH is 1. The SMILES string of the molecule is CCC(COC)NC(CO)CCSC. The van der Waals surface area contributed by atoms with Gasteiger partial charge in [0.05, 0.1) is 13.2 Å². The molecule has 0 bridgehead atoms. The molecule has 0 heterocycles. The molecule has 0 rings (SSSR count). The van der Waals surface area contributed by atoms with Gasteiger partial charge in [-0.15, -0.1) is 0 Å². The number of rotatable bonds is 9. The minimum atomic E-state index is 0.209. The maximum absolute atomic E-state index is 9.15. The van der Waals surface area contributed by atoms with Crippen LogP contribution in [-0.4, -0.2) is 49.5 Å². The highest BCUT2D eigenvalue weighted by molar-refractivity contribution is 7.98. The van der Waals surface area contributed by atoms with Gasteiger partial charge in [0.15, 0.2) is 0 Å². The lowest BCUT2D eigenvalue weighted by Crippen LogP contribution is -2.42. The Labute approximate surface area is 91.6 Å². The highest BCUT2D eigenvalue weighted by atomic mass is 32.2. The molecule has 0 aliphatic carbocycles. The molecule has 0 radical (unpaired) electrons. The van der Waals surface area contributed by atoms with Crippen LogP contribution in [0.3, 0.4) is 0 Å². The van der Waals surface area contributed by atoms with Crippen LogP contribution in [0.2, 0.25) is 0 Å². The molecule has 2 atom stereocenters. The molecule has 2 N–H and O–H groups in total. The Hall–Kier alpha value is 0.230. The van der Waals surface area contributed by atoms with Crippen molar-refractivity contribution < 1.29 is 9.84 Å². The lowest BCUT2D eigenvalue weighted by molar-refractivity contribution is 0.145. The first-order chi connectivity index (χ1) is 6.78. The summed E-state index contributed by atoms with van der Waals surface area (Å²) < 4.78 is 5.10. The molecule has 0 fully saturated rings. The van der Waals surface area contributed by atoms with E-state index in [1.807, 2.05) is 11.8 Å². The number of nitrogens with one attached hydrogen (secondary N) is 1. The van der Waals surface area contributed by atoms with Gasteiger partial charge in [0.2, 0.25) is 0 Å². The van der Waals surface area contributed by atoms with Gasteiger partial charge in [-0.25, -0.2) is 0 Å². The minimum absolute atomic E-state index is 0.209. The van der Waals surface area contributed by atoms with Crippen molar-refractivity contribution in [3.8, 4) is 0 Å². The van der Waals surface area contributed by atoms with Crippen LogP contribution in [0.4, 0.5) is 0 Å². The van der Waals surface area contributed by atoms with Crippen LogP contribution in [0, 0.1) is 0 Å². The predicted octanol–water partition coefficient (Wildman–Crippen LogP) is 1.11. The summed E-state index contributed by atoms with van der Waals surface area (Å²) in [6.45, 7) is 3.05. The molecule has 0 aromatic carbocycles. The van der Waals surface area contributed by atoms with E-state index >= 15 is 0 Å². The quantitative estimate of drug-likeness (QED) is 0.612. The van der Waals surface area contributed by atoms with Crippen LogP contribution >= 0.6 is 11.8 Å². The normalized spacial score (nSPS) is 15.4. The molecular weight excluding hydrogens is 198 g/mol. The average Bonchev–Trinajstić information content (AvgIpc) is 2.22. The van der Waals surface area contributed by atoms with Crippen molar-refractivity contribution in [1.82, 2.24) is 5.32 Å². The van der Waals surface area contributed by atoms with Crippen molar-refractivity contribution in [2.24, 2.45) is 0 Å². The molecule has 4 heteroatoms. The highest BCUT2D eigenvalue weighted by Crippen LogP contribution is 2.02. The topological polar surface area (TPSA) is 41.5 Å². The van der Waals surface area contributed by atoms with Crippen LogP contribution in [0.25, 0.3) is 0 Å². The summed E-state index contributed by atoms with van der Waals surface area (Å²) in [4.78, 5) is 0. The van der Waals surface area contributed by atoms with Crippen LogP contribution in [0.15, 0.2) is 0 Å². The third-order valence-corrected chi connectivity index (χ3v) is 2.87. The zero-order chi connectivity index (χ0) is 10.8. The molecule has 0 spiro atoms. The van der Waals surface area contributed by atoms with E-state index in [1.54, 1.807) is 7.11 Å². The number of thioether (sulfide) groups is 1. The molecule has 2 unspecified atom stereocenters. The van der Waals surface area contributed by atoms with Gasteiger partial charge in [0.1, 0.15) is 0 Å².